The summed E-state index contributed by atoms with van der Waals surface area (Å²) in [4.78, 5) is 2.45. The molecule has 0 amide bonds. The lowest BCUT2D eigenvalue weighted by Crippen LogP contribution is -2.48. The van der Waals surface area contributed by atoms with Gasteiger partial charge in [0, 0.05) is 18.6 Å². The van der Waals surface area contributed by atoms with Gasteiger partial charge < -0.3 is 10.5 Å². The number of likely N-dealkylation sites (N-methyl/N-ethyl adjacent to an activating group) is 1. The summed E-state index contributed by atoms with van der Waals surface area (Å²) in [6.07, 6.45) is 3.35. The summed E-state index contributed by atoms with van der Waals surface area (Å²) in [5.41, 5.74) is 7.31. The molecular formula is C18H32N2O. The fraction of sp³-hybridized carbons (Fsp3) is 0.667. The lowest BCUT2D eigenvalue weighted by molar-refractivity contribution is 0.129. The van der Waals surface area contributed by atoms with E-state index in [4.69, 9.17) is 10.5 Å². The number of nitrogens with two attached hydrogens (primary N) is 1. The molecule has 1 aromatic rings. The topological polar surface area (TPSA) is 38.5 Å². The quantitative estimate of drug-likeness (QED) is 0.759. The van der Waals surface area contributed by atoms with Crippen LogP contribution in [0, 0.1) is 5.92 Å². The first kappa shape index (κ1) is 18.0. The molecule has 21 heavy (non-hydrogen) atoms. The molecule has 0 radical (unpaired) electrons. The van der Waals surface area contributed by atoms with Crippen LogP contribution in [0.4, 0.5) is 0 Å². The second-order valence-corrected chi connectivity index (χ2v) is 5.91. The van der Waals surface area contributed by atoms with Crippen molar-refractivity contribution in [1.82, 2.24) is 4.90 Å². The lowest BCUT2D eigenvalue weighted by Gasteiger charge is -2.37. The molecule has 0 fully saturated rings. The van der Waals surface area contributed by atoms with E-state index in [1.54, 1.807) is 7.11 Å². The molecule has 1 rings (SSSR count). The van der Waals surface area contributed by atoms with Crippen molar-refractivity contribution >= 4 is 0 Å². The molecule has 3 nitrogen and oxygen atoms in total. The van der Waals surface area contributed by atoms with E-state index in [0.29, 0.717) is 18.0 Å². The van der Waals surface area contributed by atoms with Gasteiger partial charge in [-0.05, 0) is 37.9 Å². The zero-order chi connectivity index (χ0) is 15.8. The van der Waals surface area contributed by atoms with Crippen LogP contribution < -0.4 is 10.5 Å². The highest BCUT2D eigenvalue weighted by Gasteiger charge is 2.25. The van der Waals surface area contributed by atoms with Crippen LogP contribution in [0.25, 0.3) is 0 Å². The molecular weight excluding hydrogens is 260 g/mol. The number of nitrogens with zero attached hydrogens (tertiary/aromatic N) is 1. The van der Waals surface area contributed by atoms with Crippen LogP contribution in [0.1, 0.15) is 39.2 Å². The van der Waals surface area contributed by atoms with E-state index in [1.807, 2.05) is 12.1 Å². The minimum Gasteiger partial charge on any atom is -0.496 e. The Morgan fingerprint density at radius 3 is 2.33 bits per heavy atom. The minimum absolute atomic E-state index is 0.440. The second-order valence-electron chi connectivity index (χ2n) is 5.91. The minimum atomic E-state index is 0.440. The Hall–Kier alpha value is -1.06. The Morgan fingerprint density at radius 1 is 1.19 bits per heavy atom. The molecule has 2 unspecified atom stereocenters. The first-order chi connectivity index (χ1) is 10.1. The summed E-state index contributed by atoms with van der Waals surface area (Å²) in [5, 5.41) is 0. The van der Waals surface area contributed by atoms with Crippen LogP contribution in [0.15, 0.2) is 24.3 Å². The van der Waals surface area contributed by atoms with Crippen LogP contribution in [0.3, 0.4) is 0 Å². The summed E-state index contributed by atoms with van der Waals surface area (Å²) in [5.74, 6) is 1.64. The molecule has 0 spiro atoms. The molecule has 0 aliphatic carbocycles. The monoisotopic (exact) mass is 292 g/mol. The normalized spacial score (nSPS) is 14.5. The standard InChI is InChI=1S/C18H32N2O/c1-6-15(7-2)17(13-19)20(4)14(3)12-16-10-8-9-11-18(16)21-5/h8-11,14-15,17H,6-7,12-13,19H2,1-5H3. The zero-order valence-corrected chi connectivity index (χ0v) is 14.3. The van der Waals surface area contributed by atoms with Gasteiger partial charge in [0.25, 0.3) is 0 Å². The summed E-state index contributed by atoms with van der Waals surface area (Å²) in [7, 11) is 3.94. The molecule has 0 heterocycles. The molecule has 2 atom stereocenters. The summed E-state index contributed by atoms with van der Waals surface area (Å²) in [6.45, 7) is 7.52. The van der Waals surface area contributed by atoms with E-state index in [-0.39, 0.29) is 0 Å². The smallest absolute Gasteiger partial charge is 0.122 e. The Bertz CT molecular complexity index is 404. The summed E-state index contributed by atoms with van der Waals surface area (Å²) >= 11 is 0. The maximum Gasteiger partial charge on any atom is 0.122 e. The molecule has 0 saturated carbocycles. The van der Waals surface area contributed by atoms with Gasteiger partial charge in [-0.2, -0.15) is 0 Å². The fourth-order valence-electron chi connectivity index (χ4n) is 3.18. The summed E-state index contributed by atoms with van der Waals surface area (Å²) in [6, 6.07) is 9.16. The van der Waals surface area contributed by atoms with Gasteiger partial charge >= 0.3 is 0 Å². The van der Waals surface area contributed by atoms with Crippen LogP contribution >= 0.6 is 0 Å². The van der Waals surface area contributed by atoms with Crippen LogP contribution in [0.2, 0.25) is 0 Å². The van der Waals surface area contributed by atoms with Crippen LogP contribution in [-0.2, 0) is 6.42 Å². The van der Waals surface area contributed by atoms with Crippen molar-refractivity contribution in [3.05, 3.63) is 29.8 Å². The SMILES string of the molecule is CCC(CC)C(CN)N(C)C(C)Cc1ccccc1OC. The average Bonchev–Trinajstić information content (AvgIpc) is 2.52. The molecule has 0 aromatic heterocycles. The van der Waals surface area contributed by atoms with Gasteiger partial charge in [-0.1, -0.05) is 44.9 Å². The number of rotatable bonds is 9. The first-order valence-electron chi connectivity index (χ1n) is 8.12. The Morgan fingerprint density at radius 2 is 1.81 bits per heavy atom. The molecule has 3 heteroatoms. The van der Waals surface area contributed by atoms with Gasteiger partial charge in [-0.25, -0.2) is 0 Å². The van der Waals surface area contributed by atoms with E-state index in [0.717, 1.165) is 18.7 Å². The molecule has 0 aliphatic heterocycles. The molecule has 0 bridgehead atoms. The van der Waals surface area contributed by atoms with Gasteiger partial charge in [0.1, 0.15) is 5.75 Å². The van der Waals surface area contributed by atoms with E-state index >= 15 is 0 Å². The van der Waals surface area contributed by atoms with Gasteiger partial charge in [0.2, 0.25) is 0 Å². The summed E-state index contributed by atoms with van der Waals surface area (Å²) < 4.78 is 5.46. The third kappa shape index (κ3) is 4.72. The predicted molar refractivity (Wildman–Crippen MR) is 90.8 cm³/mol. The van der Waals surface area contributed by atoms with Crippen molar-refractivity contribution < 1.29 is 4.74 Å². The lowest BCUT2D eigenvalue weighted by atomic mass is 9.91. The molecule has 1 aromatic carbocycles. The van der Waals surface area contributed by atoms with Crippen molar-refractivity contribution in [2.45, 2.75) is 52.1 Å². The number of hydrogen-bond acceptors (Lipinski definition) is 3. The van der Waals surface area contributed by atoms with Gasteiger partial charge in [0.15, 0.2) is 0 Å². The van der Waals surface area contributed by atoms with Crippen LogP contribution in [-0.4, -0.2) is 37.7 Å². The highest BCUT2D eigenvalue weighted by molar-refractivity contribution is 5.33. The van der Waals surface area contributed by atoms with Gasteiger partial charge in [-0.3, -0.25) is 4.90 Å². The third-order valence-electron chi connectivity index (χ3n) is 4.76. The number of methoxy groups -OCH3 is 1. The van der Waals surface area contributed by atoms with Crippen molar-refractivity contribution in [3.8, 4) is 5.75 Å². The predicted octanol–water partition coefficient (Wildman–Crippen LogP) is 3.32. The highest BCUT2D eigenvalue weighted by Crippen LogP contribution is 2.23. The fourth-order valence-corrected chi connectivity index (χ4v) is 3.18. The average molecular weight is 292 g/mol. The zero-order valence-electron chi connectivity index (χ0n) is 14.3. The van der Waals surface area contributed by atoms with E-state index < -0.39 is 0 Å². The Kier molecular flexibility index (Phi) is 7.76. The van der Waals surface area contributed by atoms with E-state index in [9.17, 15) is 0 Å². The number of para-hydroxylation sites is 1. The molecule has 0 saturated heterocycles. The van der Waals surface area contributed by atoms with E-state index in [2.05, 4.69) is 44.9 Å². The third-order valence-corrected chi connectivity index (χ3v) is 4.76. The molecule has 120 valence electrons. The number of hydrogen-bond donors (Lipinski definition) is 1. The molecule has 2 N–H and O–H groups in total. The Labute approximate surface area is 130 Å². The van der Waals surface area contributed by atoms with E-state index in [1.165, 1.54) is 18.4 Å². The van der Waals surface area contributed by atoms with Gasteiger partial charge in [0.05, 0.1) is 7.11 Å². The largest absolute Gasteiger partial charge is 0.496 e. The Balaban J connectivity index is 2.79. The van der Waals surface area contributed by atoms with Crippen molar-refractivity contribution in [2.75, 3.05) is 20.7 Å². The maximum atomic E-state index is 6.05. The van der Waals surface area contributed by atoms with Gasteiger partial charge in [-0.15, -0.1) is 0 Å². The molecule has 0 aliphatic rings. The first-order valence-corrected chi connectivity index (χ1v) is 8.12. The highest BCUT2D eigenvalue weighted by atomic mass is 16.5. The van der Waals surface area contributed by atoms with Crippen molar-refractivity contribution in [2.24, 2.45) is 11.7 Å². The van der Waals surface area contributed by atoms with Crippen molar-refractivity contribution in [3.63, 3.8) is 0 Å². The number of benzene rings is 1. The number of ether oxygens (including phenoxy) is 1. The maximum absolute atomic E-state index is 6.05. The second kappa shape index (κ2) is 9.06. The van der Waals surface area contributed by atoms with Crippen molar-refractivity contribution in [1.29, 1.82) is 0 Å². The van der Waals surface area contributed by atoms with Crippen LogP contribution in [0.5, 0.6) is 5.75 Å².